The summed E-state index contributed by atoms with van der Waals surface area (Å²) >= 11 is 0. The van der Waals surface area contributed by atoms with E-state index in [1.54, 1.807) is 0 Å². The van der Waals surface area contributed by atoms with Gasteiger partial charge in [0.15, 0.2) is 11.2 Å². The van der Waals surface area contributed by atoms with Crippen molar-refractivity contribution in [2.45, 2.75) is 12.8 Å². The van der Waals surface area contributed by atoms with Crippen molar-refractivity contribution in [3.8, 4) is 0 Å². The molecule has 10 nitrogen and oxygen atoms in total. The molecule has 8 N–H and O–H groups in total. The first-order valence-electron chi connectivity index (χ1n) is 5.19. The maximum Gasteiger partial charge on any atom is 1.00 e. The molecule has 0 fully saturated rings. The van der Waals surface area contributed by atoms with Gasteiger partial charge in [0, 0.05) is 0 Å². The van der Waals surface area contributed by atoms with Gasteiger partial charge in [0.05, 0.1) is 19.5 Å². The normalized spacial score (nSPS) is 10.3. The zero-order valence-corrected chi connectivity index (χ0v) is 13.1. The van der Waals surface area contributed by atoms with Gasteiger partial charge in [-0.05, 0) is 0 Å². The molecule has 0 saturated heterocycles. The maximum absolute atomic E-state index is 11.5. The molecule has 0 bridgehead atoms. The number of aliphatic hydroxyl groups is 2. The number of rotatable bonds is 5. The van der Waals surface area contributed by atoms with Crippen molar-refractivity contribution < 1.29 is 45.9 Å². The first-order chi connectivity index (χ1) is 8.65. The van der Waals surface area contributed by atoms with E-state index in [9.17, 15) is 4.79 Å². The molecule has 108 valence electrons. The second kappa shape index (κ2) is 8.32. The summed E-state index contributed by atoms with van der Waals surface area (Å²) in [6.07, 6.45) is 0.680. The number of aliphatic hydroxyl groups excluding tert-OH is 2. The van der Waals surface area contributed by atoms with Gasteiger partial charge in [-0.3, -0.25) is 14.3 Å². The first kappa shape index (κ1) is 19.0. The summed E-state index contributed by atoms with van der Waals surface area (Å²) in [5, 5.41) is 17.7. The van der Waals surface area contributed by atoms with Crippen LogP contribution in [0.2, 0.25) is 0 Å². The van der Waals surface area contributed by atoms with Crippen LogP contribution in [0.3, 0.4) is 0 Å². The minimum Gasteiger partial charge on any atom is -1.00 e. The molecular weight excluding hydrogens is 279 g/mol. The fourth-order valence-electron chi connectivity index (χ4n) is 1.41. The van der Waals surface area contributed by atoms with Crippen molar-refractivity contribution in [2.75, 3.05) is 18.9 Å². The molecule has 0 amide bonds. The summed E-state index contributed by atoms with van der Waals surface area (Å²) in [4.78, 5) is 21.6. The van der Waals surface area contributed by atoms with E-state index in [0.717, 1.165) is 0 Å². The predicted molar refractivity (Wildman–Crippen MR) is 67.7 cm³/mol. The van der Waals surface area contributed by atoms with Crippen LogP contribution in [0.25, 0.3) is 11.2 Å². The van der Waals surface area contributed by atoms with E-state index in [2.05, 4.69) is 15.0 Å². The molecule has 0 saturated carbocycles. The van der Waals surface area contributed by atoms with Gasteiger partial charge in [-0.1, -0.05) is 0 Å². The third-order valence-corrected chi connectivity index (χ3v) is 2.35. The molecule has 2 aromatic heterocycles. The predicted octanol–water partition coefficient (Wildman–Crippen LogP) is -4.69. The van der Waals surface area contributed by atoms with Crippen LogP contribution in [-0.4, -0.2) is 49.0 Å². The average molecular weight is 296 g/mol. The SMILES string of the molecule is N.Nc1nc2c(ncn2COC(CO)CO)c(=O)[nH]1.[H-].[Na+]. The van der Waals surface area contributed by atoms with Gasteiger partial charge in [0.25, 0.3) is 5.56 Å². The molecular formula is C9H17N6NaO4. The van der Waals surface area contributed by atoms with E-state index >= 15 is 0 Å². The number of aromatic amines is 1. The van der Waals surface area contributed by atoms with Crippen LogP contribution in [0.5, 0.6) is 0 Å². The standard InChI is InChI=1S/C9H13N5O4.H3N.Na.H/c10-9-12-7-6(8(17)13-9)11-3-14(7)4-18-5(1-15)2-16;;;/h3,5,15-16H,1-2,4H2,(H3,10,12,13,17);1H3;;/q;;+1;-1. The van der Waals surface area contributed by atoms with Crippen LogP contribution >= 0.6 is 0 Å². The summed E-state index contributed by atoms with van der Waals surface area (Å²) in [5.41, 5.74) is 5.43. The minimum absolute atomic E-state index is 0. The molecule has 0 radical (unpaired) electrons. The van der Waals surface area contributed by atoms with Crippen molar-refractivity contribution in [2.24, 2.45) is 0 Å². The number of hydrogen-bond acceptors (Lipinski definition) is 8. The van der Waals surface area contributed by atoms with Crippen molar-refractivity contribution in [3.05, 3.63) is 16.7 Å². The smallest absolute Gasteiger partial charge is 1.00 e. The van der Waals surface area contributed by atoms with E-state index in [1.165, 1.54) is 10.9 Å². The Labute approximate surface area is 137 Å². The number of nitrogens with zero attached hydrogens (tertiary/aromatic N) is 3. The molecule has 20 heavy (non-hydrogen) atoms. The summed E-state index contributed by atoms with van der Waals surface area (Å²) in [6, 6.07) is 0. The Hall–Kier alpha value is -1.01. The van der Waals surface area contributed by atoms with Crippen LogP contribution in [0.15, 0.2) is 11.1 Å². The summed E-state index contributed by atoms with van der Waals surface area (Å²) < 4.78 is 6.66. The van der Waals surface area contributed by atoms with E-state index < -0.39 is 11.7 Å². The molecule has 0 aromatic carbocycles. The van der Waals surface area contributed by atoms with Gasteiger partial charge in [0.2, 0.25) is 5.95 Å². The van der Waals surface area contributed by atoms with Crippen LogP contribution in [0.4, 0.5) is 5.95 Å². The summed E-state index contributed by atoms with van der Waals surface area (Å²) in [5.74, 6) is -0.0184. The quantitative estimate of drug-likeness (QED) is 0.342. The van der Waals surface area contributed by atoms with Gasteiger partial charge in [-0.15, -0.1) is 0 Å². The fraction of sp³-hybridized carbons (Fsp3) is 0.444. The van der Waals surface area contributed by atoms with E-state index in [0.29, 0.717) is 0 Å². The van der Waals surface area contributed by atoms with E-state index in [-0.39, 0.29) is 74.2 Å². The molecule has 2 rings (SSSR count). The third-order valence-electron chi connectivity index (χ3n) is 2.35. The molecule has 0 atom stereocenters. The molecule has 0 unspecified atom stereocenters. The first-order valence-corrected chi connectivity index (χ1v) is 5.19. The molecule has 0 aliphatic carbocycles. The minimum atomic E-state index is -0.693. The Balaban J connectivity index is 0. The molecule has 2 aromatic rings. The topological polar surface area (TPSA) is 174 Å². The molecule has 11 heteroatoms. The largest absolute Gasteiger partial charge is 1.00 e. The number of H-pyrrole nitrogens is 1. The van der Waals surface area contributed by atoms with E-state index in [4.69, 9.17) is 20.7 Å². The number of nitrogens with two attached hydrogens (primary N) is 1. The number of anilines is 1. The number of aromatic nitrogens is 4. The second-order valence-electron chi connectivity index (χ2n) is 3.62. The van der Waals surface area contributed by atoms with Crippen molar-refractivity contribution in [1.82, 2.24) is 25.7 Å². The number of hydrogen-bond donors (Lipinski definition) is 5. The molecule has 0 spiro atoms. The van der Waals surface area contributed by atoms with Crippen LogP contribution in [0.1, 0.15) is 1.43 Å². The van der Waals surface area contributed by atoms with E-state index in [1.807, 2.05) is 0 Å². The second-order valence-corrected chi connectivity index (χ2v) is 3.62. The number of ether oxygens (including phenoxy) is 1. The molecule has 0 aliphatic heterocycles. The van der Waals surface area contributed by atoms with Gasteiger partial charge >= 0.3 is 29.6 Å². The number of imidazole rings is 1. The summed E-state index contributed by atoms with van der Waals surface area (Å²) in [6.45, 7) is -0.614. The van der Waals surface area contributed by atoms with Crippen molar-refractivity contribution in [1.29, 1.82) is 0 Å². The Morgan fingerprint density at radius 3 is 2.75 bits per heavy atom. The zero-order chi connectivity index (χ0) is 13.1. The maximum atomic E-state index is 11.5. The van der Waals surface area contributed by atoms with Crippen LogP contribution in [-0.2, 0) is 11.5 Å². The van der Waals surface area contributed by atoms with Gasteiger partial charge in [-0.25, -0.2) is 4.98 Å². The Morgan fingerprint density at radius 2 is 2.15 bits per heavy atom. The third kappa shape index (κ3) is 3.99. The van der Waals surface area contributed by atoms with Gasteiger partial charge < -0.3 is 28.3 Å². The monoisotopic (exact) mass is 296 g/mol. The summed E-state index contributed by atoms with van der Waals surface area (Å²) in [7, 11) is 0. The molecule has 0 aliphatic rings. The van der Waals surface area contributed by atoms with Gasteiger partial charge in [0.1, 0.15) is 12.8 Å². The van der Waals surface area contributed by atoms with Gasteiger partial charge in [-0.2, -0.15) is 4.98 Å². The molecule has 2 heterocycles. The van der Waals surface area contributed by atoms with Crippen molar-refractivity contribution >= 4 is 17.1 Å². The van der Waals surface area contributed by atoms with Crippen molar-refractivity contribution in [3.63, 3.8) is 0 Å². The Bertz CT molecular complexity index is 601. The fourth-order valence-corrected chi connectivity index (χ4v) is 1.41. The number of fused-ring (bicyclic) bond motifs is 1. The zero-order valence-electron chi connectivity index (χ0n) is 12.1. The average Bonchev–Trinajstić information content (AvgIpc) is 2.74. The number of nitrogen functional groups attached to an aromatic ring is 1. The number of nitrogens with one attached hydrogen (secondary N) is 1. The van der Waals surface area contributed by atoms with Crippen LogP contribution in [0, 0.1) is 0 Å². The Kier molecular flexibility index (Phi) is 7.90. The van der Waals surface area contributed by atoms with Crippen LogP contribution < -0.4 is 47.0 Å². The Morgan fingerprint density at radius 1 is 1.50 bits per heavy atom.